The molecule has 0 aliphatic heterocycles. The van der Waals surface area contributed by atoms with Gasteiger partial charge in [-0.1, -0.05) is 6.58 Å². The molecule has 2 nitrogen and oxygen atoms in total. The largest absolute Gasteiger partial charge is 0.478 e. The third-order valence-electron chi connectivity index (χ3n) is 0.365. The minimum absolute atomic E-state index is 0. The van der Waals surface area contributed by atoms with Gasteiger partial charge >= 0.3 is 5.97 Å². The van der Waals surface area contributed by atoms with Crippen LogP contribution in [0.1, 0.15) is 9.78 Å². The topological polar surface area (TPSA) is 37.3 Å². The van der Waals surface area contributed by atoms with E-state index in [4.69, 9.17) is 5.11 Å². The van der Waals surface area contributed by atoms with Crippen LogP contribution < -0.4 is 0 Å². The first kappa shape index (κ1) is 15.9. The van der Waals surface area contributed by atoms with Crippen LogP contribution in [-0.4, -0.2) is 34.1 Å². The molecule has 0 aromatic heterocycles. The number of hydrogen-bond donors (Lipinski definition) is 1. The average Bonchev–Trinajstić information content (AvgIpc) is 1.72. The molecular weight excluding hydrogens is 128 g/mol. The van der Waals surface area contributed by atoms with Crippen molar-refractivity contribution in [2.45, 2.75) is 6.92 Å². The summed E-state index contributed by atoms with van der Waals surface area (Å²) in [4.78, 5) is 9.60. The molecule has 0 atom stereocenters. The van der Waals surface area contributed by atoms with Crippen molar-refractivity contribution in [2.24, 2.45) is 0 Å². The fraction of sp³-hybridized carbons (Fsp3) is 0.167. The maximum absolute atomic E-state index is 9.60. The number of carboxylic acids is 1. The van der Waals surface area contributed by atoms with Gasteiger partial charge in [0.15, 0.2) is 0 Å². The van der Waals surface area contributed by atoms with Gasteiger partial charge in [-0.25, -0.2) is 4.79 Å². The molecule has 0 amide bonds. The van der Waals surface area contributed by atoms with E-state index in [2.05, 4.69) is 19.7 Å². The average molecular weight is 142 g/mol. The molecule has 52 valence electrons. The van der Waals surface area contributed by atoms with Crippen molar-refractivity contribution in [1.29, 1.82) is 0 Å². The summed E-state index contributed by atoms with van der Waals surface area (Å²) in [5.41, 5.74) is 0.176. The molecule has 0 saturated heterocycles. The van der Waals surface area contributed by atoms with E-state index in [0.717, 1.165) is 0 Å². The summed E-state index contributed by atoms with van der Waals surface area (Å²) in [6.07, 6.45) is 0. The molecule has 0 saturated carbocycles. The lowest BCUT2D eigenvalue weighted by Gasteiger charge is -1.79. The first-order valence-electron chi connectivity index (χ1n) is 2.03. The molecule has 2 radical (unpaired) electrons. The molecule has 1 N–H and O–H groups in total. The molecule has 0 aliphatic rings. The van der Waals surface area contributed by atoms with Crippen LogP contribution in [0.3, 0.4) is 0 Å². The highest BCUT2D eigenvalue weighted by atomic mass is 24.3. The molecule has 0 spiro atoms. The second-order valence-electron chi connectivity index (χ2n) is 1.09. The van der Waals surface area contributed by atoms with E-state index in [0.29, 0.717) is 0 Å². The molecule has 0 aliphatic carbocycles. The second-order valence-corrected chi connectivity index (χ2v) is 1.09. The molecule has 0 fully saturated rings. The fourth-order valence-electron chi connectivity index (χ4n) is 0. The Morgan fingerprint density at radius 2 is 1.67 bits per heavy atom. The molecule has 0 bridgehead atoms. The summed E-state index contributed by atoms with van der Waals surface area (Å²) < 4.78 is 0. The molecule has 3 heteroatoms. The number of aliphatic carboxylic acids is 1. The highest BCUT2D eigenvalue weighted by molar-refractivity contribution is 5.84. The Morgan fingerprint density at radius 1 is 1.56 bits per heavy atom. The Labute approximate surface area is 74.4 Å². The Morgan fingerprint density at radius 3 is 1.67 bits per heavy atom. The Hall–Kier alpha value is -0.284. The lowest BCUT2D eigenvalue weighted by atomic mass is 10.4. The predicted octanol–water partition coefficient (Wildman–Crippen LogP) is 1.56. The number of hydrogen-bond acceptors (Lipinski definition) is 1. The third kappa shape index (κ3) is 18.3. The van der Waals surface area contributed by atoms with Crippen molar-refractivity contribution in [3.63, 3.8) is 0 Å². The second kappa shape index (κ2) is 10.7. The number of rotatable bonds is 1. The molecule has 0 aromatic rings. The van der Waals surface area contributed by atoms with Gasteiger partial charge in [0.25, 0.3) is 0 Å². The highest BCUT2D eigenvalue weighted by Gasteiger charge is 1.90. The van der Waals surface area contributed by atoms with Crippen LogP contribution in [-0.2, 0) is 4.79 Å². The standard InChI is InChI=1S/C4H6O2.C2H4.Mg.2H2/c1-3(2)4(5)6;1-2;;;/h1H2,2H3,(H,5,6);1-2H2;;2*1H. The van der Waals surface area contributed by atoms with Gasteiger partial charge in [-0.15, -0.1) is 13.2 Å². The van der Waals surface area contributed by atoms with E-state index >= 15 is 0 Å². The lowest BCUT2D eigenvalue weighted by molar-refractivity contribution is -0.132. The zero-order chi connectivity index (χ0) is 7.15. The molecule has 0 rings (SSSR count). The van der Waals surface area contributed by atoms with Crippen LogP contribution in [0.2, 0.25) is 0 Å². The summed E-state index contributed by atoms with van der Waals surface area (Å²) in [5, 5.41) is 7.89. The van der Waals surface area contributed by atoms with Gasteiger partial charge in [0.1, 0.15) is 0 Å². The number of carbonyl (C=O) groups is 1. The Bertz CT molecular complexity index is 94.8. The van der Waals surface area contributed by atoms with Gasteiger partial charge in [-0.05, 0) is 6.92 Å². The summed E-state index contributed by atoms with van der Waals surface area (Å²) >= 11 is 0. The monoisotopic (exact) mass is 142 g/mol. The van der Waals surface area contributed by atoms with Crippen molar-refractivity contribution in [3.8, 4) is 0 Å². The molecule has 0 unspecified atom stereocenters. The van der Waals surface area contributed by atoms with Gasteiger partial charge in [-0.3, -0.25) is 0 Å². The quantitative estimate of drug-likeness (QED) is 0.343. The minimum atomic E-state index is -0.935. The third-order valence-corrected chi connectivity index (χ3v) is 0.365. The van der Waals surface area contributed by atoms with Crippen molar-refractivity contribution in [1.82, 2.24) is 0 Å². The van der Waals surface area contributed by atoms with E-state index < -0.39 is 5.97 Å². The van der Waals surface area contributed by atoms with Gasteiger partial charge < -0.3 is 5.11 Å². The van der Waals surface area contributed by atoms with Crippen molar-refractivity contribution in [2.75, 3.05) is 0 Å². The van der Waals surface area contributed by atoms with E-state index in [1.807, 2.05) is 0 Å². The minimum Gasteiger partial charge on any atom is -0.478 e. The van der Waals surface area contributed by atoms with E-state index in [9.17, 15) is 4.79 Å². The summed E-state index contributed by atoms with van der Waals surface area (Å²) in [5.74, 6) is -0.935. The summed E-state index contributed by atoms with van der Waals surface area (Å²) in [7, 11) is 0. The smallest absolute Gasteiger partial charge is 0.330 e. The zero-order valence-electron chi connectivity index (χ0n) is 5.68. The first-order valence-corrected chi connectivity index (χ1v) is 2.03. The first-order chi connectivity index (χ1) is 3.64. The van der Waals surface area contributed by atoms with Crippen LogP contribution in [0, 0.1) is 0 Å². The Balaban J connectivity index is -0.0000000222. The van der Waals surface area contributed by atoms with Crippen molar-refractivity contribution in [3.05, 3.63) is 25.3 Å². The maximum atomic E-state index is 9.60. The zero-order valence-corrected chi connectivity index (χ0v) is 7.10. The van der Waals surface area contributed by atoms with E-state index in [-0.39, 0.29) is 31.5 Å². The fourth-order valence-corrected chi connectivity index (χ4v) is 0. The highest BCUT2D eigenvalue weighted by Crippen LogP contribution is 1.81. The molecular formula is C6H14MgO2. The van der Waals surface area contributed by atoms with Crippen LogP contribution in [0.4, 0.5) is 0 Å². The van der Waals surface area contributed by atoms with Gasteiger partial charge in [-0.2, -0.15) is 0 Å². The normalized spacial score (nSPS) is 5.44. The van der Waals surface area contributed by atoms with Crippen LogP contribution in [0.15, 0.2) is 25.3 Å². The van der Waals surface area contributed by atoms with E-state index in [1.165, 1.54) is 6.92 Å². The van der Waals surface area contributed by atoms with Crippen LogP contribution in [0.5, 0.6) is 0 Å². The predicted molar refractivity (Wildman–Crippen MR) is 43.7 cm³/mol. The van der Waals surface area contributed by atoms with Gasteiger partial charge in [0.2, 0.25) is 0 Å². The van der Waals surface area contributed by atoms with Crippen LogP contribution in [0.25, 0.3) is 0 Å². The lowest BCUT2D eigenvalue weighted by Crippen LogP contribution is -1.92. The van der Waals surface area contributed by atoms with Crippen molar-refractivity contribution < 1.29 is 12.8 Å². The van der Waals surface area contributed by atoms with Gasteiger partial charge in [0.05, 0.1) is 0 Å². The number of carboxylic acid groups (broad SMARTS) is 1. The van der Waals surface area contributed by atoms with Gasteiger partial charge in [0, 0.05) is 31.5 Å². The molecule has 0 aromatic carbocycles. The SMILES string of the molecule is C=C.C=C(C)C(=O)O.[HH].[HH].[Mg]. The van der Waals surface area contributed by atoms with Crippen LogP contribution >= 0.6 is 0 Å². The van der Waals surface area contributed by atoms with Crippen molar-refractivity contribution >= 4 is 29.0 Å². The summed E-state index contributed by atoms with van der Waals surface area (Å²) in [6, 6.07) is 0. The summed E-state index contributed by atoms with van der Waals surface area (Å²) in [6.45, 7) is 10.6. The molecule has 9 heavy (non-hydrogen) atoms. The van der Waals surface area contributed by atoms with E-state index in [1.54, 1.807) is 0 Å². The Kier molecular flexibility index (Phi) is 18.8. The molecule has 0 heterocycles. The maximum Gasteiger partial charge on any atom is 0.330 e.